The molecule has 0 radical (unpaired) electrons. The van der Waals surface area contributed by atoms with Crippen LogP contribution in [-0.4, -0.2) is 29.9 Å². The van der Waals surface area contributed by atoms with Crippen LogP contribution in [0.1, 0.15) is 23.2 Å². The Hall–Kier alpha value is -0.0000000000000000555. The van der Waals surface area contributed by atoms with Crippen LogP contribution in [0, 0.1) is 0 Å². The van der Waals surface area contributed by atoms with Gasteiger partial charge in [0.1, 0.15) is 4.34 Å². The molecule has 0 saturated carbocycles. The molecule has 0 aliphatic carbocycles. The normalized spacial score (nSPS) is 19.9. The maximum Gasteiger partial charge on any atom is 0.256 e. The molecule has 1 fully saturated rings. The van der Waals surface area contributed by atoms with Crippen LogP contribution in [0.25, 0.3) is 0 Å². The van der Waals surface area contributed by atoms with E-state index in [1.165, 1.54) is 11.3 Å². The van der Waals surface area contributed by atoms with E-state index in [1.54, 1.807) is 11.0 Å². The number of nitrogens with zero attached hydrogens (tertiary/aromatic N) is 1. The second kappa shape index (κ2) is 6.25. The molecule has 1 aromatic rings. The summed E-state index contributed by atoms with van der Waals surface area (Å²) >= 11 is 13.0. The van der Waals surface area contributed by atoms with Gasteiger partial charge in [-0.3, -0.25) is 4.79 Å². The van der Waals surface area contributed by atoms with E-state index in [1.807, 2.05) is 0 Å². The summed E-state index contributed by atoms with van der Waals surface area (Å²) < 4.78 is 0.990. The van der Waals surface area contributed by atoms with E-state index in [0.29, 0.717) is 20.8 Å². The van der Waals surface area contributed by atoms with Crippen molar-refractivity contribution < 1.29 is 4.79 Å². The summed E-state index contributed by atoms with van der Waals surface area (Å²) in [5.74, 6) is -0.0664. The van der Waals surface area contributed by atoms with Gasteiger partial charge >= 0.3 is 0 Å². The predicted molar refractivity (Wildman–Crippen MR) is 74.7 cm³/mol. The molecular formula is C10H13Cl3N2OS. The van der Waals surface area contributed by atoms with Crippen molar-refractivity contribution >= 4 is 52.9 Å². The summed E-state index contributed by atoms with van der Waals surface area (Å²) in [7, 11) is 0. The molecule has 17 heavy (non-hydrogen) atoms. The SMILES string of the molecule is Cl.N[C@@H]1CCCN(C(=O)c2cc(Cl)sc2Cl)C1. The molecule has 0 bridgehead atoms. The van der Waals surface area contributed by atoms with Gasteiger partial charge in [-0.2, -0.15) is 0 Å². The Kier molecular flexibility index (Phi) is 5.54. The highest BCUT2D eigenvalue weighted by Gasteiger charge is 2.24. The quantitative estimate of drug-likeness (QED) is 0.866. The zero-order chi connectivity index (χ0) is 11.7. The van der Waals surface area contributed by atoms with Crippen LogP contribution in [0.3, 0.4) is 0 Å². The van der Waals surface area contributed by atoms with E-state index < -0.39 is 0 Å². The Labute approximate surface area is 120 Å². The highest BCUT2D eigenvalue weighted by molar-refractivity contribution is 7.20. The number of likely N-dealkylation sites (tertiary alicyclic amines) is 1. The number of nitrogens with two attached hydrogens (primary N) is 1. The van der Waals surface area contributed by atoms with Gasteiger partial charge < -0.3 is 10.6 Å². The minimum absolute atomic E-state index is 0. The van der Waals surface area contributed by atoms with E-state index in [-0.39, 0.29) is 24.4 Å². The van der Waals surface area contributed by atoms with Crippen molar-refractivity contribution in [2.75, 3.05) is 13.1 Å². The first-order chi connectivity index (χ1) is 7.58. The van der Waals surface area contributed by atoms with Crippen molar-refractivity contribution in [1.82, 2.24) is 4.90 Å². The fourth-order valence-electron chi connectivity index (χ4n) is 1.85. The van der Waals surface area contributed by atoms with Gasteiger partial charge in [0, 0.05) is 19.1 Å². The highest BCUT2D eigenvalue weighted by atomic mass is 35.5. The maximum atomic E-state index is 12.1. The molecular weight excluding hydrogens is 303 g/mol. The van der Waals surface area contributed by atoms with Gasteiger partial charge in [0.15, 0.2) is 0 Å². The standard InChI is InChI=1S/C10H12Cl2N2OS.ClH/c11-8-4-7(9(12)16-8)10(15)14-3-1-2-6(13)5-14;/h4,6H,1-3,5,13H2;1H/t6-;/m1./s1. The van der Waals surface area contributed by atoms with E-state index >= 15 is 0 Å². The molecule has 2 heterocycles. The molecule has 2 rings (SSSR count). The van der Waals surface area contributed by atoms with Crippen LogP contribution in [0.2, 0.25) is 8.67 Å². The molecule has 1 atom stereocenters. The second-order valence-electron chi connectivity index (χ2n) is 3.89. The zero-order valence-corrected chi connectivity index (χ0v) is 12.1. The van der Waals surface area contributed by atoms with Crippen LogP contribution < -0.4 is 5.73 Å². The Balaban J connectivity index is 0.00000144. The number of hydrogen-bond donors (Lipinski definition) is 1. The minimum Gasteiger partial charge on any atom is -0.337 e. The minimum atomic E-state index is -0.0664. The number of hydrogen-bond acceptors (Lipinski definition) is 3. The van der Waals surface area contributed by atoms with Gasteiger partial charge in [0.25, 0.3) is 5.91 Å². The van der Waals surface area contributed by atoms with Crippen molar-refractivity contribution in [2.24, 2.45) is 5.73 Å². The number of carbonyl (C=O) groups excluding carboxylic acids is 1. The Morgan fingerprint density at radius 3 is 2.76 bits per heavy atom. The van der Waals surface area contributed by atoms with E-state index in [2.05, 4.69) is 0 Å². The summed E-state index contributed by atoms with van der Waals surface area (Å²) in [6, 6.07) is 1.70. The van der Waals surface area contributed by atoms with Gasteiger partial charge in [-0.05, 0) is 18.9 Å². The van der Waals surface area contributed by atoms with Crippen LogP contribution in [0.5, 0.6) is 0 Å². The molecule has 1 aliphatic heterocycles. The first kappa shape index (κ1) is 15.1. The number of amides is 1. The topological polar surface area (TPSA) is 46.3 Å². The van der Waals surface area contributed by atoms with Crippen molar-refractivity contribution in [3.05, 3.63) is 20.3 Å². The first-order valence-corrected chi connectivity index (χ1v) is 6.65. The average molecular weight is 316 g/mol. The van der Waals surface area contributed by atoms with Gasteiger partial charge in [0.05, 0.1) is 9.90 Å². The van der Waals surface area contributed by atoms with E-state index in [9.17, 15) is 4.79 Å². The third-order valence-corrected chi connectivity index (χ3v) is 4.12. The lowest BCUT2D eigenvalue weighted by Gasteiger charge is -2.30. The van der Waals surface area contributed by atoms with Gasteiger partial charge in [-0.1, -0.05) is 23.2 Å². The molecule has 96 valence electrons. The zero-order valence-electron chi connectivity index (χ0n) is 8.99. The largest absolute Gasteiger partial charge is 0.337 e. The number of rotatable bonds is 1. The Morgan fingerprint density at radius 1 is 1.53 bits per heavy atom. The first-order valence-electron chi connectivity index (χ1n) is 5.07. The van der Waals surface area contributed by atoms with Gasteiger partial charge in [-0.15, -0.1) is 23.7 Å². The summed E-state index contributed by atoms with van der Waals surface area (Å²) in [6.07, 6.45) is 1.92. The molecule has 2 N–H and O–H groups in total. The second-order valence-corrected chi connectivity index (χ2v) is 6.18. The van der Waals surface area contributed by atoms with Gasteiger partial charge in [0.2, 0.25) is 0 Å². The van der Waals surface area contributed by atoms with Crippen molar-refractivity contribution in [2.45, 2.75) is 18.9 Å². The summed E-state index contributed by atoms with van der Waals surface area (Å²) in [6.45, 7) is 1.35. The van der Waals surface area contributed by atoms with E-state index in [0.717, 1.165) is 19.4 Å². The molecule has 1 aromatic heterocycles. The molecule has 0 spiro atoms. The fraction of sp³-hybridized carbons (Fsp3) is 0.500. The van der Waals surface area contributed by atoms with Crippen LogP contribution >= 0.6 is 46.9 Å². The fourth-order valence-corrected chi connectivity index (χ4v) is 3.30. The maximum absolute atomic E-state index is 12.1. The smallest absolute Gasteiger partial charge is 0.256 e. The summed E-state index contributed by atoms with van der Waals surface area (Å²) in [4.78, 5) is 13.9. The lowest BCUT2D eigenvalue weighted by molar-refractivity contribution is 0.0709. The van der Waals surface area contributed by atoms with Crippen LogP contribution in [-0.2, 0) is 0 Å². The summed E-state index contributed by atoms with van der Waals surface area (Å²) in [5, 5.41) is 0. The predicted octanol–water partition coefficient (Wildman–Crippen LogP) is 3.04. The van der Waals surface area contributed by atoms with Crippen molar-refractivity contribution in [3.63, 3.8) is 0 Å². The Bertz CT molecular complexity index is 410. The molecule has 0 unspecified atom stereocenters. The molecule has 1 aliphatic rings. The molecule has 0 aromatic carbocycles. The number of piperidine rings is 1. The monoisotopic (exact) mass is 314 g/mol. The average Bonchev–Trinajstić information content (AvgIpc) is 2.57. The lowest BCUT2D eigenvalue weighted by atomic mass is 10.1. The Morgan fingerprint density at radius 2 is 2.24 bits per heavy atom. The molecule has 3 nitrogen and oxygen atoms in total. The third kappa shape index (κ3) is 3.48. The van der Waals surface area contributed by atoms with Crippen LogP contribution in [0.4, 0.5) is 0 Å². The van der Waals surface area contributed by atoms with Gasteiger partial charge in [-0.25, -0.2) is 0 Å². The summed E-state index contributed by atoms with van der Waals surface area (Å²) in [5.41, 5.74) is 6.33. The van der Waals surface area contributed by atoms with Crippen molar-refractivity contribution in [1.29, 1.82) is 0 Å². The molecule has 1 saturated heterocycles. The van der Waals surface area contributed by atoms with Crippen LogP contribution in [0.15, 0.2) is 6.07 Å². The third-order valence-electron chi connectivity index (χ3n) is 2.63. The van der Waals surface area contributed by atoms with E-state index in [4.69, 9.17) is 28.9 Å². The number of carbonyl (C=O) groups is 1. The lowest BCUT2D eigenvalue weighted by Crippen LogP contribution is -2.45. The van der Waals surface area contributed by atoms with Crippen molar-refractivity contribution in [3.8, 4) is 0 Å². The number of thiophene rings is 1. The molecule has 7 heteroatoms. The highest BCUT2D eigenvalue weighted by Crippen LogP contribution is 2.32. The molecule has 1 amide bonds. The number of halogens is 3.